The van der Waals surface area contributed by atoms with E-state index in [0.29, 0.717) is 13.0 Å². The minimum atomic E-state index is -3.64. The van der Waals surface area contributed by atoms with E-state index < -0.39 is 14.9 Å². The molecule has 34 heavy (non-hydrogen) atoms. The van der Waals surface area contributed by atoms with Crippen molar-refractivity contribution >= 4 is 21.4 Å². The Morgan fingerprint density at radius 3 is 2.53 bits per heavy atom. The van der Waals surface area contributed by atoms with Gasteiger partial charge < -0.3 is 5.32 Å². The molecule has 3 aromatic rings. The summed E-state index contributed by atoms with van der Waals surface area (Å²) in [7, 11) is -3.64. The first-order chi connectivity index (χ1) is 16.4. The van der Waals surface area contributed by atoms with E-state index in [1.807, 2.05) is 36.4 Å². The van der Waals surface area contributed by atoms with Crippen LogP contribution in [-0.4, -0.2) is 19.9 Å². The quantitative estimate of drug-likeness (QED) is 0.286. The first-order valence-electron chi connectivity index (χ1n) is 11.3. The molecule has 0 amide bonds. The Morgan fingerprint density at radius 1 is 1.03 bits per heavy atom. The first-order valence-corrected chi connectivity index (χ1v) is 12.8. The van der Waals surface area contributed by atoms with Crippen molar-refractivity contribution in [3.05, 3.63) is 112 Å². The minimum Gasteiger partial charge on any atom is -0.378 e. The maximum Gasteiger partial charge on any atom is 0.269 e. The van der Waals surface area contributed by atoms with Crippen molar-refractivity contribution in [3.63, 3.8) is 0 Å². The van der Waals surface area contributed by atoms with Gasteiger partial charge in [0, 0.05) is 30.3 Å². The van der Waals surface area contributed by atoms with Gasteiger partial charge in [-0.05, 0) is 53.6 Å². The second-order valence-electron chi connectivity index (χ2n) is 8.71. The Balaban J connectivity index is 1.37. The van der Waals surface area contributed by atoms with E-state index >= 15 is 0 Å². The third-order valence-corrected chi connectivity index (χ3v) is 8.11. The number of anilines is 1. The molecule has 2 aliphatic rings. The lowest BCUT2D eigenvalue weighted by molar-refractivity contribution is -0.384. The van der Waals surface area contributed by atoms with E-state index in [1.165, 1.54) is 12.1 Å². The van der Waals surface area contributed by atoms with Crippen molar-refractivity contribution in [1.82, 2.24) is 4.72 Å². The predicted octanol–water partition coefficient (Wildman–Crippen LogP) is 4.94. The standard InChI is InChI=1S/C26H25N3O4S/c30-29(31)20-11-9-19(10-12-20)26-23-8-4-7-22(23)24-17-21(13-14-25(24)28-26)34(32,33)27-16-15-18-5-2-1-3-6-18/h1-7,9-14,17,22-23,26-28H,8,15-16H2. The van der Waals surface area contributed by atoms with Crippen LogP contribution >= 0.6 is 0 Å². The zero-order valence-corrected chi connectivity index (χ0v) is 19.2. The number of allylic oxidation sites excluding steroid dienone is 2. The molecule has 0 aromatic heterocycles. The third kappa shape index (κ3) is 4.34. The highest BCUT2D eigenvalue weighted by Crippen LogP contribution is 2.50. The lowest BCUT2D eigenvalue weighted by Crippen LogP contribution is -2.30. The van der Waals surface area contributed by atoms with Crippen LogP contribution in [-0.2, 0) is 16.4 Å². The van der Waals surface area contributed by atoms with Crippen LogP contribution in [0.4, 0.5) is 11.4 Å². The van der Waals surface area contributed by atoms with Crippen LogP contribution < -0.4 is 10.0 Å². The van der Waals surface area contributed by atoms with Crippen LogP contribution in [0.5, 0.6) is 0 Å². The van der Waals surface area contributed by atoms with E-state index in [1.54, 1.807) is 24.3 Å². The van der Waals surface area contributed by atoms with Crippen LogP contribution in [0.2, 0.25) is 0 Å². The average Bonchev–Trinajstić information content (AvgIpc) is 3.34. The molecule has 3 atom stereocenters. The van der Waals surface area contributed by atoms with Crippen LogP contribution in [0.15, 0.2) is 89.8 Å². The summed E-state index contributed by atoms with van der Waals surface area (Å²) in [5, 5.41) is 14.6. The number of nitrogens with zero attached hydrogens (tertiary/aromatic N) is 1. The first kappa shape index (κ1) is 22.3. The van der Waals surface area contributed by atoms with E-state index in [9.17, 15) is 18.5 Å². The molecule has 7 nitrogen and oxygen atoms in total. The van der Waals surface area contributed by atoms with Gasteiger partial charge in [0.2, 0.25) is 10.0 Å². The smallest absolute Gasteiger partial charge is 0.269 e. The van der Waals surface area contributed by atoms with Gasteiger partial charge in [0.15, 0.2) is 0 Å². The summed E-state index contributed by atoms with van der Waals surface area (Å²) in [5.41, 5.74) is 3.98. The molecule has 2 N–H and O–H groups in total. The second-order valence-corrected chi connectivity index (χ2v) is 10.5. The molecular formula is C26H25N3O4S. The molecule has 3 unspecified atom stereocenters. The van der Waals surface area contributed by atoms with Gasteiger partial charge in [-0.3, -0.25) is 10.1 Å². The Kier molecular flexibility index (Phi) is 5.93. The molecule has 3 aromatic carbocycles. The number of benzene rings is 3. The largest absolute Gasteiger partial charge is 0.378 e. The molecule has 0 bridgehead atoms. The molecule has 0 saturated carbocycles. The number of fused-ring (bicyclic) bond motifs is 3. The number of nitro benzene ring substituents is 1. The third-order valence-electron chi connectivity index (χ3n) is 6.66. The second kappa shape index (κ2) is 9.04. The van der Waals surface area contributed by atoms with Crippen molar-refractivity contribution in [3.8, 4) is 0 Å². The maximum atomic E-state index is 13.0. The zero-order valence-electron chi connectivity index (χ0n) is 18.4. The fourth-order valence-corrected chi connectivity index (χ4v) is 6.00. The summed E-state index contributed by atoms with van der Waals surface area (Å²) in [6.45, 7) is 0.329. The summed E-state index contributed by atoms with van der Waals surface area (Å²) in [6.07, 6.45) is 5.74. The monoisotopic (exact) mass is 475 g/mol. The van der Waals surface area contributed by atoms with E-state index in [-0.39, 0.29) is 28.5 Å². The highest BCUT2D eigenvalue weighted by atomic mass is 32.2. The summed E-state index contributed by atoms with van der Waals surface area (Å²) in [5.74, 6) is 0.286. The zero-order chi connectivity index (χ0) is 23.7. The van der Waals surface area contributed by atoms with Gasteiger partial charge in [0.1, 0.15) is 0 Å². The van der Waals surface area contributed by atoms with Crippen molar-refractivity contribution in [2.75, 3.05) is 11.9 Å². The number of hydrogen-bond acceptors (Lipinski definition) is 5. The molecule has 174 valence electrons. The topological polar surface area (TPSA) is 101 Å². The summed E-state index contributed by atoms with van der Waals surface area (Å²) < 4.78 is 28.7. The molecular weight excluding hydrogens is 450 g/mol. The van der Waals surface area contributed by atoms with Crippen molar-refractivity contribution in [2.45, 2.75) is 29.7 Å². The SMILES string of the molecule is O=[N+]([O-])c1ccc(C2Nc3ccc(S(=O)(=O)NCCc4ccccc4)cc3C3C=CCC32)cc1. The molecule has 0 fully saturated rings. The number of nitrogens with one attached hydrogen (secondary N) is 2. The fourth-order valence-electron chi connectivity index (χ4n) is 4.93. The average molecular weight is 476 g/mol. The van der Waals surface area contributed by atoms with Crippen molar-refractivity contribution in [2.24, 2.45) is 5.92 Å². The van der Waals surface area contributed by atoms with Gasteiger partial charge >= 0.3 is 0 Å². The molecule has 0 radical (unpaired) electrons. The maximum absolute atomic E-state index is 13.0. The number of rotatable bonds is 7. The predicted molar refractivity (Wildman–Crippen MR) is 131 cm³/mol. The van der Waals surface area contributed by atoms with Crippen LogP contribution in [0.1, 0.15) is 35.1 Å². The Hall–Kier alpha value is -3.49. The van der Waals surface area contributed by atoms with Crippen LogP contribution in [0.3, 0.4) is 0 Å². The molecule has 1 aliphatic carbocycles. The molecule has 0 saturated heterocycles. The summed E-state index contributed by atoms with van der Waals surface area (Å²) in [4.78, 5) is 10.9. The van der Waals surface area contributed by atoms with Gasteiger partial charge in [-0.15, -0.1) is 0 Å². The Morgan fingerprint density at radius 2 is 1.79 bits per heavy atom. The molecule has 5 rings (SSSR count). The van der Waals surface area contributed by atoms with Gasteiger partial charge in [-0.2, -0.15) is 0 Å². The summed E-state index contributed by atoms with van der Waals surface area (Å²) >= 11 is 0. The van der Waals surface area contributed by atoms with Crippen molar-refractivity contribution in [1.29, 1.82) is 0 Å². The van der Waals surface area contributed by atoms with Crippen LogP contribution in [0.25, 0.3) is 0 Å². The molecule has 8 heteroatoms. The number of nitro groups is 1. The molecule has 1 aliphatic heterocycles. The number of non-ortho nitro benzene ring substituents is 1. The van der Waals surface area contributed by atoms with Gasteiger partial charge in [0.05, 0.1) is 15.9 Å². The minimum absolute atomic E-state index is 0.0141. The van der Waals surface area contributed by atoms with Gasteiger partial charge in [0.25, 0.3) is 5.69 Å². The highest BCUT2D eigenvalue weighted by molar-refractivity contribution is 7.89. The van der Waals surface area contributed by atoms with E-state index in [0.717, 1.165) is 28.8 Å². The fraction of sp³-hybridized carbons (Fsp3) is 0.231. The lowest BCUT2D eigenvalue weighted by atomic mass is 9.77. The van der Waals surface area contributed by atoms with E-state index in [2.05, 4.69) is 22.2 Å². The Bertz CT molecular complexity index is 1340. The highest BCUT2D eigenvalue weighted by Gasteiger charge is 2.38. The van der Waals surface area contributed by atoms with Gasteiger partial charge in [-0.25, -0.2) is 13.1 Å². The number of hydrogen-bond donors (Lipinski definition) is 2. The van der Waals surface area contributed by atoms with E-state index in [4.69, 9.17) is 0 Å². The van der Waals surface area contributed by atoms with Gasteiger partial charge in [-0.1, -0.05) is 54.6 Å². The molecule has 0 spiro atoms. The summed E-state index contributed by atoms with van der Waals surface area (Å²) in [6, 6.07) is 21.6. The van der Waals surface area contributed by atoms with Crippen molar-refractivity contribution < 1.29 is 13.3 Å². The lowest BCUT2D eigenvalue weighted by Gasteiger charge is -2.37. The molecule has 1 heterocycles. The Labute approximate surface area is 198 Å². The normalized spacial score (nSPS) is 20.9. The number of sulfonamides is 1. The van der Waals surface area contributed by atoms with Crippen LogP contribution in [0, 0.1) is 16.0 Å².